The van der Waals surface area contributed by atoms with E-state index in [1.807, 2.05) is 0 Å². The van der Waals surface area contributed by atoms with Gasteiger partial charge in [0, 0.05) is 0 Å². The lowest BCUT2D eigenvalue weighted by molar-refractivity contribution is 0.512. The summed E-state index contributed by atoms with van der Waals surface area (Å²) in [6.07, 6.45) is 46.9. The standard InChI is InChI=1S/C34H68Br2/c1-2-3-4-5-6-7-8-9-10-11-12-13-14-15-16-17-18-19-20-21-22-23-24-25-26-27-28-29-30-31-32-33-34(35)36/h34H,2-33H2,1H3. The minimum atomic E-state index is 0.522. The fourth-order valence-corrected chi connectivity index (χ4v) is 6.15. The summed E-state index contributed by atoms with van der Waals surface area (Å²) in [6.45, 7) is 2.31. The predicted molar refractivity (Wildman–Crippen MR) is 175 cm³/mol. The topological polar surface area (TPSA) is 0 Å². The quantitative estimate of drug-likeness (QED) is 0.0509. The molecule has 0 rings (SSSR count). The van der Waals surface area contributed by atoms with Gasteiger partial charge in [-0.1, -0.05) is 238 Å². The molecule has 2 heteroatoms. The molecule has 0 N–H and O–H groups in total. The molecular weight excluding hydrogens is 568 g/mol. The molecule has 0 aliphatic carbocycles. The average Bonchev–Trinajstić information content (AvgIpc) is 2.87. The number of unbranched alkanes of at least 4 members (excludes halogenated alkanes) is 30. The van der Waals surface area contributed by atoms with Crippen molar-refractivity contribution in [1.29, 1.82) is 0 Å². The van der Waals surface area contributed by atoms with Crippen LogP contribution in [0, 0.1) is 0 Å². The molecule has 0 nitrogen and oxygen atoms in total. The maximum atomic E-state index is 3.56. The summed E-state index contributed by atoms with van der Waals surface area (Å²) in [7, 11) is 0. The first-order valence-electron chi connectivity index (χ1n) is 17.1. The van der Waals surface area contributed by atoms with Gasteiger partial charge in [0.15, 0.2) is 0 Å². The van der Waals surface area contributed by atoms with Crippen molar-refractivity contribution in [2.24, 2.45) is 0 Å². The number of alkyl halides is 2. The molecule has 0 aliphatic heterocycles. The van der Waals surface area contributed by atoms with Gasteiger partial charge in [-0.2, -0.15) is 0 Å². The van der Waals surface area contributed by atoms with Crippen molar-refractivity contribution in [3.05, 3.63) is 0 Å². The van der Waals surface area contributed by atoms with Crippen LogP contribution in [0.4, 0.5) is 0 Å². The summed E-state index contributed by atoms with van der Waals surface area (Å²) in [5.74, 6) is 0. The van der Waals surface area contributed by atoms with E-state index in [2.05, 4.69) is 38.8 Å². The SMILES string of the molecule is CCCCCCCCCCCCCCCCCCCCCCCCCCCCCCCCCC(Br)Br. The zero-order valence-corrected chi connectivity index (χ0v) is 28.1. The Morgan fingerprint density at radius 3 is 0.611 bits per heavy atom. The Morgan fingerprint density at radius 2 is 0.444 bits per heavy atom. The molecule has 0 atom stereocenters. The molecule has 0 aromatic carbocycles. The molecule has 0 fully saturated rings. The van der Waals surface area contributed by atoms with E-state index in [-0.39, 0.29) is 0 Å². The van der Waals surface area contributed by atoms with E-state index < -0.39 is 0 Å². The summed E-state index contributed by atoms with van der Waals surface area (Å²) >= 11 is 7.12. The Balaban J connectivity index is 3.01. The number of halogens is 2. The molecule has 0 saturated carbocycles. The van der Waals surface area contributed by atoms with Crippen LogP contribution in [0.25, 0.3) is 0 Å². The fourth-order valence-electron chi connectivity index (χ4n) is 5.50. The van der Waals surface area contributed by atoms with Crippen LogP contribution in [0.15, 0.2) is 0 Å². The van der Waals surface area contributed by atoms with Crippen LogP contribution in [-0.4, -0.2) is 3.74 Å². The van der Waals surface area contributed by atoms with Crippen LogP contribution in [0.3, 0.4) is 0 Å². The molecule has 0 heterocycles. The average molecular weight is 637 g/mol. The van der Waals surface area contributed by atoms with Gasteiger partial charge in [-0.25, -0.2) is 0 Å². The van der Waals surface area contributed by atoms with E-state index in [9.17, 15) is 0 Å². The lowest BCUT2D eigenvalue weighted by Gasteiger charge is -2.05. The fraction of sp³-hybridized carbons (Fsp3) is 1.00. The number of rotatable bonds is 32. The first-order valence-corrected chi connectivity index (χ1v) is 18.9. The zero-order valence-electron chi connectivity index (χ0n) is 25.0. The van der Waals surface area contributed by atoms with Crippen LogP contribution < -0.4 is 0 Å². The molecule has 0 unspecified atom stereocenters. The van der Waals surface area contributed by atoms with Crippen LogP contribution >= 0.6 is 31.9 Å². The molecular formula is C34H68Br2. The van der Waals surface area contributed by atoms with Gasteiger partial charge in [-0.15, -0.1) is 0 Å². The lowest BCUT2D eigenvalue weighted by Crippen LogP contribution is -1.86. The molecule has 0 saturated heterocycles. The van der Waals surface area contributed by atoms with Crippen molar-refractivity contribution < 1.29 is 0 Å². The Kier molecular flexibility index (Phi) is 34.9. The highest BCUT2D eigenvalue weighted by Gasteiger charge is 1.98. The van der Waals surface area contributed by atoms with Gasteiger partial charge in [-0.05, 0) is 6.42 Å². The monoisotopic (exact) mass is 634 g/mol. The minimum Gasteiger partial charge on any atom is -0.0765 e. The van der Waals surface area contributed by atoms with Crippen LogP contribution in [0.2, 0.25) is 0 Å². The first kappa shape index (κ1) is 37.0. The minimum absolute atomic E-state index is 0.522. The number of hydrogen-bond donors (Lipinski definition) is 0. The van der Waals surface area contributed by atoms with Crippen molar-refractivity contribution in [2.45, 2.75) is 216 Å². The summed E-state index contributed by atoms with van der Waals surface area (Å²) in [6, 6.07) is 0. The van der Waals surface area contributed by atoms with Crippen molar-refractivity contribution in [3.63, 3.8) is 0 Å². The van der Waals surface area contributed by atoms with Gasteiger partial charge < -0.3 is 0 Å². The maximum Gasteiger partial charge on any atom is 0.0697 e. The molecule has 36 heavy (non-hydrogen) atoms. The van der Waals surface area contributed by atoms with Gasteiger partial charge in [0.2, 0.25) is 0 Å². The summed E-state index contributed by atoms with van der Waals surface area (Å²) in [5, 5.41) is 0. The smallest absolute Gasteiger partial charge is 0.0697 e. The third-order valence-electron chi connectivity index (χ3n) is 8.03. The second kappa shape index (κ2) is 34.0. The Morgan fingerprint density at radius 1 is 0.278 bits per heavy atom. The molecule has 0 bridgehead atoms. The van der Waals surface area contributed by atoms with E-state index in [4.69, 9.17) is 0 Å². The van der Waals surface area contributed by atoms with E-state index >= 15 is 0 Å². The van der Waals surface area contributed by atoms with Crippen LogP contribution in [-0.2, 0) is 0 Å². The third kappa shape index (κ3) is 35.0. The van der Waals surface area contributed by atoms with Crippen molar-refractivity contribution in [1.82, 2.24) is 0 Å². The van der Waals surface area contributed by atoms with Crippen LogP contribution in [0.1, 0.15) is 212 Å². The number of hydrogen-bond acceptors (Lipinski definition) is 0. The second-order valence-electron chi connectivity index (χ2n) is 11.8. The highest BCUT2D eigenvalue weighted by atomic mass is 79.9. The van der Waals surface area contributed by atoms with E-state index in [0.29, 0.717) is 3.74 Å². The molecule has 0 radical (unpaired) electrons. The van der Waals surface area contributed by atoms with E-state index in [0.717, 1.165) is 0 Å². The van der Waals surface area contributed by atoms with Crippen molar-refractivity contribution in [3.8, 4) is 0 Å². The van der Waals surface area contributed by atoms with Crippen molar-refractivity contribution in [2.75, 3.05) is 0 Å². The molecule has 0 amide bonds. The van der Waals surface area contributed by atoms with Gasteiger partial charge in [0.05, 0.1) is 3.74 Å². The van der Waals surface area contributed by atoms with Crippen LogP contribution in [0.5, 0.6) is 0 Å². The van der Waals surface area contributed by atoms with Gasteiger partial charge in [0.25, 0.3) is 0 Å². The molecule has 218 valence electrons. The Hall–Kier alpha value is 0.960. The highest BCUT2D eigenvalue weighted by molar-refractivity contribution is 9.24. The van der Waals surface area contributed by atoms with Crippen molar-refractivity contribution >= 4 is 31.9 Å². The van der Waals surface area contributed by atoms with E-state index in [1.54, 1.807) is 0 Å². The molecule has 0 aromatic rings. The normalized spacial score (nSPS) is 11.7. The summed E-state index contributed by atoms with van der Waals surface area (Å²) < 4.78 is 0.522. The van der Waals surface area contributed by atoms with Gasteiger partial charge >= 0.3 is 0 Å². The first-order chi connectivity index (χ1) is 17.8. The third-order valence-corrected chi connectivity index (χ3v) is 8.94. The molecule has 0 spiro atoms. The molecule has 0 aromatic heterocycles. The summed E-state index contributed by atoms with van der Waals surface area (Å²) in [4.78, 5) is 0. The van der Waals surface area contributed by atoms with E-state index in [1.165, 1.54) is 205 Å². The lowest BCUT2D eigenvalue weighted by atomic mass is 10.0. The molecule has 0 aliphatic rings. The largest absolute Gasteiger partial charge is 0.0765 e. The Bertz CT molecular complexity index is 368. The second-order valence-corrected chi connectivity index (χ2v) is 15.2. The Labute approximate surface area is 247 Å². The predicted octanol–water partition coefficient (Wildman–Crippen LogP) is 14.6. The van der Waals surface area contributed by atoms with Gasteiger partial charge in [-0.3, -0.25) is 0 Å². The van der Waals surface area contributed by atoms with Gasteiger partial charge in [0.1, 0.15) is 0 Å². The maximum absolute atomic E-state index is 3.56. The summed E-state index contributed by atoms with van der Waals surface area (Å²) in [5.41, 5.74) is 0. The highest BCUT2D eigenvalue weighted by Crippen LogP contribution is 2.19. The zero-order chi connectivity index (χ0) is 26.2.